The maximum atomic E-state index is 2.31. The molecule has 0 radical (unpaired) electrons. The van der Waals surface area contributed by atoms with Gasteiger partial charge in [0.1, 0.15) is 0 Å². The van der Waals surface area contributed by atoms with E-state index < -0.39 is 0 Å². The van der Waals surface area contributed by atoms with Crippen molar-refractivity contribution >= 4 is 11.8 Å². The monoisotopic (exact) mass is 316 g/mol. The molecule has 0 unspecified atom stereocenters. The van der Waals surface area contributed by atoms with Crippen LogP contribution in [-0.2, 0) is 0 Å². The van der Waals surface area contributed by atoms with Crippen LogP contribution >= 0.6 is 11.8 Å². The summed E-state index contributed by atoms with van der Waals surface area (Å²) in [5.74, 6) is 0.337. The molecular formula is C22H20S. The zero-order valence-electron chi connectivity index (χ0n) is 13.8. The van der Waals surface area contributed by atoms with E-state index in [0.29, 0.717) is 5.92 Å². The van der Waals surface area contributed by atoms with Crippen molar-refractivity contribution in [2.24, 2.45) is 0 Å². The van der Waals surface area contributed by atoms with Crippen LogP contribution in [0.25, 0.3) is 0 Å². The molecule has 0 bridgehead atoms. The fourth-order valence-corrected chi connectivity index (χ4v) is 5.01. The summed E-state index contributed by atoms with van der Waals surface area (Å²) in [5.41, 5.74) is 8.47. The molecule has 1 heteroatoms. The van der Waals surface area contributed by atoms with Crippen molar-refractivity contribution in [3.05, 3.63) is 94.0 Å². The van der Waals surface area contributed by atoms with E-state index in [1.807, 2.05) is 11.8 Å². The van der Waals surface area contributed by atoms with Crippen LogP contribution in [0.4, 0.5) is 0 Å². The molecule has 1 aliphatic rings. The lowest BCUT2D eigenvalue weighted by molar-refractivity contribution is 0.881. The van der Waals surface area contributed by atoms with Gasteiger partial charge in [0.05, 0.1) is 0 Å². The van der Waals surface area contributed by atoms with Gasteiger partial charge in [-0.3, -0.25) is 0 Å². The number of benzene rings is 3. The standard InChI is InChI=1S/C22H20S/c1-14-12-15(2)21(16(3)13-14)22-17-8-4-6-10-19(17)23-20-11-7-5-9-18(20)22/h4-13,22H,1-3H3. The summed E-state index contributed by atoms with van der Waals surface area (Å²) in [6.07, 6.45) is 0. The summed E-state index contributed by atoms with van der Waals surface area (Å²) in [6, 6.07) is 22.3. The lowest BCUT2D eigenvalue weighted by atomic mass is 9.80. The minimum atomic E-state index is 0.337. The highest BCUT2D eigenvalue weighted by Crippen LogP contribution is 2.49. The van der Waals surface area contributed by atoms with E-state index in [-0.39, 0.29) is 0 Å². The number of aryl methyl sites for hydroxylation is 3. The molecule has 0 saturated carbocycles. The Bertz CT molecular complexity index is 823. The summed E-state index contributed by atoms with van der Waals surface area (Å²) >= 11 is 1.90. The summed E-state index contributed by atoms with van der Waals surface area (Å²) in [6.45, 7) is 6.69. The Morgan fingerprint density at radius 2 is 1.17 bits per heavy atom. The smallest absolute Gasteiger partial charge is 0.0367 e. The van der Waals surface area contributed by atoms with Crippen LogP contribution in [0.3, 0.4) is 0 Å². The molecule has 0 nitrogen and oxygen atoms in total. The maximum absolute atomic E-state index is 2.31. The van der Waals surface area contributed by atoms with Crippen LogP contribution in [0.2, 0.25) is 0 Å². The second kappa shape index (κ2) is 5.58. The minimum Gasteiger partial charge on any atom is -0.0895 e. The zero-order valence-corrected chi connectivity index (χ0v) is 14.6. The zero-order chi connectivity index (χ0) is 16.0. The molecule has 0 atom stereocenters. The van der Waals surface area contributed by atoms with Crippen LogP contribution in [0, 0.1) is 20.8 Å². The van der Waals surface area contributed by atoms with Crippen molar-refractivity contribution in [3.8, 4) is 0 Å². The molecule has 0 N–H and O–H groups in total. The van der Waals surface area contributed by atoms with E-state index in [0.717, 1.165) is 0 Å². The molecule has 3 aromatic rings. The second-order valence-electron chi connectivity index (χ2n) is 6.42. The molecule has 3 aromatic carbocycles. The van der Waals surface area contributed by atoms with E-state index >= 15 is 0 Å². The van der Waals surface area contributed by atoms with Crippen molar-refractivity contribution < 1.29 is 0 Å². The van der Waals surface area contributed by atoms with E-state index in [9.17, 15) is 0 Å². The molecule has 114 valence electrons. The predicted molar refractivity (Wildman–Crippen MR) is 98.6 cm³/mol. The first kappa shape index (κ1) is 14.6. The lowest BCUT2D eigenvalue weighted by Crippen LogP contribution is -2.12. The van der Waals surface area contributed by atoms with Crippen LogP contribution in [-0.4, -0.2) is 0 Å². The van der Waals surface area contributed by atoms with Crippen molar-refractivity contribution in [1.29, 1.82) is 0 Å². The van der Waals surface area contributed by atoms with Gasteiger partial charge in [-0.05, 0) is 60.7 Å². The highest BCUT2D eigenvalue weighted by atomic mass is 32.2. The summed E-state index contributed by atoms with van der Waals surface area (Å²) in [7, 11) is 0. The first-order chi connectivity index (χ1) is 11.1. The average Bonchev–Trinajstić information content (AvgIpc) is 2.53. The number of hydrogen-bond acceptors (Lipinski definition) is 1. The van der Waals surface area contributed by atoms with Crippen molar-refractivity contribution in [2.45, 2.75) is 36.5 Å². The Hall–Kier alpha value is -1.99. The third kappa shape index (κ3) is 2.40. The number of fused-ring (bicyclic) bond motifs is 2. The topological polar surface area (TPSA) is 0 Å². The molecule has 0 fully saturated rings. The molecule has 0 aliphatic carbocycles. The molecular weight excluding hydrogens is 296 g/mol. The van der Waals surface area contributed by atoms with Crippen molar-refractivity contribution in [2.75, 3.05) is 0 Å². The Labute approximate surface area is 142 Å². The second-order valence-corrected chi connectivity index (χ2v) is 7.51. The van der Waals surface area contributed by atoms with Crippen LogP contribution < -0.4 is 0 Å². The van der Waals surface area contributed by atoms with Gasteiger partial charge in [0, 0.05) is 15.7 Å². The van der Waals surface area contributed by atoms with Gasteiger partial charge < -0.3 is 0 Å². The maximum Gasteiger partial charge on any atom is 0.0367 e. The van der Waals surface area contributed by atoms with E-state index in [1.54, 1.807) is 0 Å². The largest absolute Gasteiger partial charge is 0.0895 e. The lowest BCUT2D eigenvalue weighted by Gasteiger charge is -2.30. The third-order valence-corrected chi connectivity index (χ3v) is 5.89. The molecule has 0 spiro atoms. The fraction of sp³-hybridized carbons (Fsp3) is 0.182. The first-order valence-electron chi connectivity index (χ1n) is 8.08. The Balaban J connectivity index is 2.02. The first-order valence-corrected chi connectivity index (χ1v) is 8.90. The van der Waals surface area contributed by atoms with Crippen LogP contribution in [0.15, 0.2) is 70.5 Å². The summed E-state index contributed by atoms with van der Waals surface area (Å²) in [5, 5.41) is 0. The molecule has 4 rings (SSSR count). The molecule has 23 heavy (non-hydrogen) atoms. The highest BCUT2D eigenvalue weighted by molar-refractivity contribution is 7.99. The molecule has 1 aliphatic heterocycles. The molecule has 0 aromatic heterocycles. The van der Waals surface area contributed by atoms with Crippen LogP contribution in [0.1, 0.15) is 39.3 Å². The SMILES string of the molecule is Cc1cc(C)c(C2c3ccccc3Sc3ccccc32)c(C)c1. The van der Waals surface area contributed by atoms with E-state index in [4.69, 9.17) is 0 Å². The number of rotatable bonds is 1. The Morgan fingerprint density at radius 3 is 1.70 bits per heavy atom. The van der Waals surface area contributed by atoms with Gasteiger partial charge in [-0.1, -0.05) is 65.9 Å². The predicted octanol–water partition coefficient (Wildman–Crippen LogP) is 6.26. The third-order valence-electron chi connectivity index (χ3n) is 4.71. The van der Waals surface area contributed by atoms with Gasteiger partial charge in [0.15, 0.2) is 0 Å². The summed E-state index contributed by atoms with van der Waals surface area (Å²) in [4.78, 5) is 2.77. The highest BCUT2D eigenvalue weighted by Gasteiger charge is 2.29. The fourth-order valence-electron chi connectivity index (χ4n) is 3.87. The van der Waals surface area contributed by atoms with Crippen molar-refractivity contribution in [1.82, 2.24) is 0 Å². The average molecular weight is 316 g/mol. The van der Waals surface area contributed by atoms with E-state index in [1.165, 1.54) is 43.2 Å². The quantitative estimate of drug-likeness (QED) is 0.399. The Morgan fingerprint density at radius 1 is 0.696 bits per heavy atom. The minimum absolute atomic E-state index is 0.337. The molecule has 0 saturated heterocycles. The van der Waals surface area contributed by atoms with Gasteiger partial charge in [-0.2, -0.15) is 0 Å². The number of hydrogen-bond donors (Lipinski definition) is 0. The van der Waals surface area contributed by atoms with Crippen LogP contribution in [0.5, 0.6) is 0 Å². The molecule has 0 amide bonds. The normalized spacial score (nSPS) is 13.5. The van der Waals surface area contributed by atoms with Gasteiger partial charge >= 0.3 is 0 Å². The van der Waals surface area contributed by atoms with Gasteiger partial charge in [-0.15, -0.1) is 0 Å². The summed E-state index contributed by atoms with van der Waals surface area (Å²) < 4.78 is 0. The van der Waals surface area contributed by atoms with Gasteiger partial charge in [0.25, 0.3) is 0 Å². The van der Waals surface area contributed by atoms with Gasteiger partial charge in [-0.25, -0.2) is 0 Å². The Kier molecular flexibility index (Phi) is 3.54. The van der Waals surface area contributed by atoms with E-state index in [2.05, 4.69) is 81.4 Å². The molecule has 1 heterocycles. The van der Waals surface area contributed by atoms with Gasteiger partial charge in [0.2, 0.25) is 0 Å². The van der Waals surface area contributed by atoms with Crippen molar-refractivity contribution in [3.63, 3.8) is 0 Å².